The molecule has 1 fully saturated rings. The Labute approximate surface area is 162 Å². The topological polar surface area (TPSA) is 83.2 Å². The lowest BCUT2D eigenvalue weighted by molar-refractivity contribution is 0.242. The number of halogens is 1. The number of ether oxygens (including phenoxy) is 1. The highest BCUT2D eigenvalue weighted by atomic mass is 35.5. The first kappa shape index (κ1) is 18.9. The zero-order valence-electron chi connectivity index (χ0n) is 14.8. The number of hydrogen-bond donors (Lipinski definition) is 2. The van der Waals surface area contributed by atoms with Gasteiger partial charge in [-0.2, -0.15) is 0 Å². The summed E-state index contributed by atoms with van der Waals surface area (Å²) in [7, 11) is 0. The highest BCUT2D eigenvalue weighted by Gasteiger charge is 2.18. The molecule has 2 aromatic rings. The van der Waals surface area contributed by atoms with Crippen LogP contribution in [0.4, 0.5) is 5.13 Å². The van der Waals surface area contributed by atoms with Crippen LogP contribution in [0.2, 0.25) is 5.02 Å². The monoisotopic (exact) mass is 391 g/mol. The fourth-order valence-electron chi connectivity index (χ4n) is 2.75. The third kappa shape index (κ3) is 4.66. The summed E-state index contributed by atoms with van der Waals surface area (Å²) in [4.78, 5) is 4.67. The summed E-state index contributed by atoms with van der Waals surface area (Å²) in [5, 5.41) is 21.3. The number of benzene rings is 1. The Morgan fingerprint density at radius 1 is 1.38 bits per heavy atom. The van der Waals surface area contributed by atoms with E-state index in [1.807, 2.05) is 32.0 Å². The van der Waals surface area contributed by atoms with Crippen molar-refractivity contribution in [1.82, 2.24) is 15.5 Å². The van der Waals surface area contributed by atoms with Gasteiger partial charge in [0.15, 0.2) is 0 Å². The van der Waals surface area contributed by atoms with Gasteiger partial charge in [-0.05, 0) is 51.4 Å². The Balaban J connectivity index is 1.82. The summed E-state index contributed by atoms with van der Waals surface area (Å²) in [6, 6.07) is 5.62. The molecule has 1 aromatic heterocycles. The van der Waals surface area contributed by atoms with Gasteiger partial charge in [-0.15, -0.1) is 10.2 Å². The van der Waals surface area contributed by atoms with Gasteiger partial charge in [-0.25, -0.2) is 4.99 Å². The lowest BCUT2D eigenvalue weighted by Gasteiger charge is -2.11. The first-order valence-electron chi connectivity index (χ1n) is 8.65. The molecule has 0 radical (unpaired) electrons. The largest absolute Gasteiger partial charge is 0.489 e. The van der Waals surface area contributed by atoms with Gasteiger partial charge in [0.1, 0.15) is 10.8 Å². The number of nitrogens with zero attached hydrogens (tertiary/aromatic N) is 3. The Hall–Kier alpha value is -1.83. The molecule has 1 aliphatic heterocycles. The van der Waals surface area contributed by atoms with E-state index in [-0.39, 0.29) is 12.0 Å². The standard InChI is InChI=1S/C18H22ClN5OS/c1-11(2)25-16-4-3-12(9-14(16)19)17-23-24-18(26-17)22-15-6-8-21-7-5-13(15)10-20/h3-4,9-11,13,20-21H,5-8H2,1-2H3. The molecule has 26 heavy (non-hydrogen) atoms. The van der Waals surface area contributed by atoms with Crippen molar-refractivity contribution in [1.29, 1.82) is 5.41 Å². The van der Waals surface area contributed by atoms with Crippen LogP contribution in [0.25, 0.3) is 10.6 Å². The molecule has 138 valence electrons. The highest BCUT2D eigenvalue weighted by Crippen LogP contribution is 2.34. The van der Waals surface area contributed by atoms with Crippen LogP contribution in [0.1, 0.15) is 26.7 Å². The van der Waals surface area contributed by atoms with Gasteiger partial charge >= 0.3 is 0 Å². The first-order valence-corrected chi connectivity index (χ1v) is 9.85. The van der Waals surface area contributed by atoms with Crippen LogP contribution < -0.4 is 10.1 Å². The third-order valence-corrected chi connectivity index (χ3v) is 5.18. The van der Waals surface area contributed by atoms with Gasteiger partial charge in [-0.3, -0.25) is 0 Å². The van der Waals surface area contributed by atoms with E-state index in [0.717, 1.165) is 42.2 Å². The maximum absolute atomic E-state index is 7.63. The van der Waals surface area contributed by atoms with Crippen LogP contribution in [0.5, 0.6) is 5.75 Å². The molecule has 6 nitrogen and oxygen atoms in total. The molecule has 0 spiro atoms. The van der Waals surface area contributed by atoms with Crippen LogP contribution in [0, 0.1) is 11.3 Å². The van der Waals surface area contributed by atoms with Crippen molar-refractivity contribution in [3.05, 3.63) is 23.2 Å². The van der Waals surface area contributed by atoms with Crippen molar-refractivity contribution in [2.24, 2.45) is 10.9 Å². The second kappa shape index (κ2) is 8.70. The fourth-order valence-corrected chi connectivity index (χ4v) is 3.72. The molecule has 1 aliphatic rings. The van der Waals surface area contributed by atoms with E-state index in [1.54, 1.807) is 0 Å². The summed E-state index contributed by atoms with van der Waals surface area (Å²) in [5.74, 6) is 0.731. The Bertz CT molecular complexity index is 805. The van der Waals surface area contributed by atoms with Crippen molar-refractivity contribution >= 4 is 40.0 Å². The summed E-state index contributed by atoms with van der Waals surface area (Å²) < 4.78 is 5.66. The SMILES string of the molecule is CC(C)Oc1ccc(-c2nnc(N=C3CCNCCC3C=N)s2)cc1Cl. The predicted molar refractivity (Wildman–Crippen MR) is 108 cm³/mol. The zero-order chi connectivity index (χ0) is 18.5. The molecule has 1 unspecified atom stereocenters. The van der Waals surface area contributed by atoms with E-state index in [4.69, 9.17) is 21.7 Å². The molecule has 8 heteroatoms. The summed E-state index contributed by atoms with van der Waals surface area (Å²) in [5.41, 5.74) is 1.88. The van der Waals surface area contributed by atoms with Gasteiger partial charge in [0.2, 0.25) is 5.13 Å². The molecule has 1 aromatic carbocycles. The van der Waals surface area contributed by atoms with Crippen molar-refractivity contribution in [3.63, 3.8) is 0 Å². The normalized spacial score (nSPS) is 19.5. The van der Waals surface area contributed by atoms with Crippen molar-refractivity contribution < 1.29 is 4.74 Å². The molecule has 0 bridgehead atoms. The maximum Gasteiger partial charge on any atom is 0.231 e. The van der Waals surface area contributed by atoms with E-state index < -0.39 is 0 Å². The van der Waals surface area contributed by atoms with Crippen LogP contribution in [-0.2, 0) is 0 Å². The second-order valence-electron chi connectivity index (χ2n) is 6.37. The predicted octanol–water partition coefficient (Wildman–Crippen LogP) is 4.37. The maximum atomic E-state index is 7.63. The van der Waals surface area contributed by atoms with Crippen LogP contribution >= 0.6 is 22.9 Å². The average Bonchev–Trinajstić information content (AvgIpc) is 2.95. The first-order chi connectivity index (χ1) is 12.6. The minimum atomic E-state index is 0.0677. The smallest absolute Gasteiger partial charge is 0.231 e. The molecule has 3 rings (SSSR count). The number of nitrogens with one attached hydrogen (secondary N) is 2. The minimum Gasteiger partial charge on any atom is -0.489 e. The van der Waals surface area contributed by atoms with Gasteiger partial charge in [-0.1, -0.05) is 22.9 Å². The number of aliphatic imine (C=N–C) groups is 1. The highest BCUT2D eigenvalue weighted by molar-refractivity contribution is 7.18. The summed E-state index contributed by atoms with van der Waals surface area (Å²) in [6.45, 7) is 5.71. The number of aromatic nitrogens is 2. The lowest BCUT2D eigenvalue weighted by Crippen LogP contribution is -2.15. The van der Waals surface area contributed by atoms with Gasteiger partial charge in [0, 0.05) is 30.0 Å². The van der Waals surface area contributed by atoms with E-state index in [1.165, 1.54) is 17.6 Å². The average molecular weight is 392 g/mol. The molecule has 1 atom stereocenters. The molecule has 0 amide bonds. The molecule has 2 heterocycles. The van der Waals surface area contributed by atoms with Crippen LogP contribution in [-0.4, -0.2) is 41.3 Å². The van der Waals surface area contributed by atoms with E-state index in [2.05, 4.69) is 20.5 Å². The van der Waals surface area contributed by atoms with Gasteiger partial charge < -0.3 is 15.5 Å². The molecule has 0 aliphatic carbocycles. The summed E-state index contributed by atoms with van der Waals surface area (Å²) >= 11 is 7.74. The van der Waals surface area contributed by atoms with Crippen molar-refractivity contribution in [3.8, 4) is 16.3 Å². The lowest BCUT2D eigenvalue weighted by atomic mass is 10.00. The Morgan fingerprint density at radius 2 is 2.23 bits per heavy atom. The molecular formula is C18H22ClN5OS. The zero-order valence-corrected chi connectivity index (χ0v) is 16.4. The van der Waals surface area contributed by atoms with Crippen molar-refractivity contribution in [2.75, 3.05) is 13.1 Å². The van der Waals surface area contributed by atoms with Crippen molar-refractivity contribution in [2.45, 2.75) is 32.8 Å². The summed E-state index contributed by atoms with van der Waals surface area (Å²) in [6.07, 6.45) is 3.25. The van der Waals surface area contributed by atoms with E-state index in [9.17, 15) is 0 Å². The Morgan fingerprint density at radius 3 is 2.96 bits per heavy atom. The van der Waals surface area contributed by atoms with Gasteiger partial charge in [0.25, 0.3) is 0 Å². The van der Waals surface area contributed by atoms with Gasteiger partial charge in [0.05, 0.1) is 11.1 Å². The van der Waals surface area contributed by atoms with Crippen LogP contribution in [0.3, 0.4) is 0 Å². The molecule has 2 N–H and O–H groups in total. The van der Waals surface area contributed by atoms with Crippen LogP contribution in [0.15, 0.2) is 23.2 Å². The number of hydrogen-bond acceptors (Lipinski definition) is 7. The number of rotatable bonds is 5. The third-order valence-electron chi connectivity index (χ3n) is 4.01. The molecule has 0 saturated carbocycles. The van der Waals surface area contributed by atoms with E-state index >= 15 is 0 Å². The fraction of sp³-hybridized carbons (Fsp3) is 0.444. The molecule has 1 saturated heterocycles. The Kier molecular flexibility index (Phi) is 6.34. The quantitative estimate of drug-likeness (QED) is 0.741. The second-order valence-corrected chi connectivity index (χ2v) is 7.73. The minimum absolute atomic E-state index is 0.0677. The molecular weight excluding hydrogens is 370 g/mol. The van der Waals surface area contributed by atoms with E-state index in [0.29, 0.717) is 15.9 Å².